The number of fused-ring (bicyclic) bond motifs is 2. The molecule has 0 heterocycles. The third-order valence-corrected chi connectivity index (χ3v) is 4.87. The van der Waals surface area contributed by atoms with Gasteiger partial charge in [0.2, 0.25) is 0 Å². The molecule has 0 aromatic heterocycles. The first-order chi connectivity index (χ1) is 15.2. The Bertz CT molecular complexity index is 1210. The van der Waals surface area contributed by atoms with Crippen molar-refractivity contribution in [3.8, 4) is 0 Å². The Morgan fingerprint density at radius 2 is 0.774 bits per heavy atom. The van der Waals surface area contributed by atoms with Crippen LogP contribution in [0.3, 0.4) is 0 Å². The molecule has 0 saturated heterocycles. The summed E-state index contributed by atoms with van der Waals surface area (Å²) in [6, 6.07) is 37.7. The highest BCUT2D eigenvalue weighted by molar-refractivity contribution is 6.12. The SMILES string of the molecule is O=C(OC(=O)c1cccc2ccccc12)c1cccc2ccccc12.c1ccccc1. The maximum atomic E-state index is 12.5. The summed E-state index contributed by atoms with van der Waals surface area (Å²) >= 11 is 0. The molecule has 0 aliphatic carbocycles. The van der Waals surface area contributed by atoms with Crippen molar-refractivity contribution in [2.24, 2.45) is 0 Å². The van der Waals surface area contributed by atoms with Crippen LogP contribution in [0.2, 0.25) is 0 Å². The van der Waals surface area contributed by atoms with Crippen LogP contribution in [0.15, 0.2) is 121 Å². The fourth-order valence-electron chi connectivity index (χ4n) is 3.39. The van der Waals surface area contributed by atoms with Crippen LogP contribution in [0.1, 0.15) is 20.7 Å². The van der Waals surface area contributed by atoms with Gasteiger partial charge in [-0.15, -0.1) is 0 Å². The van der Waals surface area contributed by atoms with Gasteiger partial charge in [0.05, 0.1) is 11.1 Å². The number of carbonyl (C=O) groups excluding carboxylic acids is 2. The van der Waals surface area contributed by atoms with E-state index < -0.39 is 11.9 Å². The summed E-state index contributed by atoms with van der Waals surface area (Å²) in [5, 5.41) is 3.38. The van der Waals surface area contributed by atoms with E-state index in [1.807, 2.05) is 97.1 Å². The normalized spacial score (nSPS) is 10.2. The minimum absolute atomic E-state index is 0.381. The van der Waals surface area contributed by atoms with Gasteiger partial charge in [-0.05, 0) is 33.7 Å². The third-order valence-electron chi connectivity index (χ3n) is 4.87. The first-order valence-electron chi connectivity index (χ1n) is 9.96. The van der Waals surface area contributed by atoms with E-state index in [-0.39, 0.29) is 0 Å². The number of rotatable bonds is 2. The Kier molecular flexibility index (Phi) is 6.15. The topological polar surface area (TPSA) is 43.4 Å². The van der Waals surface area contributed by atoms with Crippen LogP contribution in [0.4, 0.5) is 0 Å². The zero-order valence-corrected chi connectivity index (χ0v) is 16.8. The first-order valence-corrected chi connectivity index (χ1v) is 9.96. The summed E-state index contributed by atoms with van der Waals surface area (Å²) in [5.74, 6) is -1.29. The van der Waals surface area contributed by atoms with Gasteiger partial charge in [0.15, 0.2) is 0 Å². The minimum atomic E-state index is -0.644. The highest BCUT2D eigenvalue weighted by Crippen LogP contribution is 2.22. The lowest BCUT2D eigenvalue weighted by Crippen LogP contribution is -2.13. The summed E-state index contributed by atoms with van der Waals surface area (Å²) in [7, 11) is 0. The van der Waals surface area contributed by atoms with Gasteiger partial charge in [0.25, 0.3) is 0 Å². The molecule has 5 aromatic rings. The molecule has 5 aromatic carbocycles. The van der Waals surface area contributed by atoms with Crippen molar-refractivity contribution in [3.63, 3.8) is 0 Å². The standard InChI is InChI=1S/C22H14O3.C6H6/c23-21(19-13-5-9-15-7-1-3-11-17(15)19)25-22(24)20-14-6-10-16-8-2-4-12-18(16)20;1-2-4-6-5-3-1/h1-14H;1-6H. The lowest BCUT2D eigenvalue weighted by molar-refractivity contribution is 0.0400. The highest BCUT2D eigenvalue weighted by Gasteiger charge is 2.18. The van der Waals surface area contributed by atoms with Crippen LogP contribution >= 0.6 is 0 Å². The van der Waals surface area contributed by atoms with Crippen molar-refractivity contribution in [2.45, 2.75) is 0 Å². The van der Waals surface area contributed by atoms with Crippen LogP contribution in [0.25, 0.3) is 21.5 Å². The Hall–Kier alpha value is -4.24. The molecule has 5 rings (SSSR count). The van der Waals surface area contributed by atoms with Gasteiger partial charge in [0, 0.05) is 0 Å². The fourth-order valence-corrected chi connectivity index (χ4v) is 3.39. The Labute approximate surface area is 180 Å². The Balaban J connectivity index is 0.000000334. The molecule has 0 bridgehead atoms. The Morgan fingerprint density at radius 1 is 0.419 bits per heavy atom. The maximum Gasteiger partial charge on any atom is 0.346 e. The van der Waals surface area contributed by atoms with E-state index in [2.05, 4.69) is 0 Å². The predicted molar refractivity (Wildman–Crippen MR) is 124 cm³/mol. The lowest BCUT2D eigenvalue weighted by Gasteiger charge is -2.08. The summed E-state index contributed by atoms with van der Waals surface area (Å²) in [6.45, 7) is 0. The molecule has 3 heteroatoms. The number of hydrogen-bond acceptors (Lipinski definition) is 3. The molecule has 0 atom stereocenters. The number of carbonyl (C=O) groups is 2. The minimum Gasteiger partial charge on any atom is -0.386 e. The van der Waals surface area contributed by atoms with Gasteiger partial charge in [-0.3, -0.25) is 0 Å². The van der Waals surface area contributed by atoms with Gasteiger partial charge in [-0.25, -0.2) is 9.59 Å². The van der Waals surface area contributed by atoms with Crippen LogP contribution in [0, 0.1) is 0 Å². The molecule has 0 spiro atoms. The second kappa shape index (κ2) is 9.51. The molecule has 0 aliphatic rings. The van der Waals surface area contributed by atoms with Crippen LogP contribution in [-0.4, -0.2) is 11.9 Å². The van der Waals surface area contributed by atoms with E-state index in [9.17, 15) is 9.59 Å². The summed E-state index contributed by atoms with van der Waals surface area (Å²) < 4.78 is 5.16. The van der Waals surface area contributed by atoms with Crippen molar-refractivity contribution in [1.29, 1.82) is 0 Å². The van der Waals surface area contributed by atoms with Gasteiger partial charge in [0.1, 0.15) is 0 Å². The van der Waals surface area contributed by atoms with E-state index in [0.717, 1.165) is 21.5 Å². The molecule has 31 heavy (non-hydrogen) atoms. The van der Waals surface area contributed by atoms with Crippen LogP contribution < -0.4 is 0 Å². The zero-order chi connectivity index (χ0) is 21.5. The monoisotopic (exact) mass is 404 g/mol. The number of hydrogen-bond donors (Lipinski definition) is 0. The third kappa shape index (κ3) is 4.68. The summed E-state index contributed by atoms with van der Waals surface area (Å²) in [4.78, 5) is 25.1. The number of esters is 2. The molecule has 0 radical (unpaired) electrons. The number of benzene rings is 5. The second-order valence-electron chi connectivity index (χ2n) is 6.89. The highest BCUT2D eigenvalue weighted by atomic mass is 16.6. The summed E-state index contributed by atoms with van der Waals surface area (Å²) in [5.41, 5.74) is 0.762. The molecule has 0 aliphatic heterocycles. The van der Waals surface area contributed by atoms with Crippen molar-refractivity contribution in [3.05, 3.63) is 132 Å². The van der Waals surface area contributed by atoms with E-state index in [0.29, 0.717) is 11.1 Å². The molecule has 0 fully saturated rings. The largest absolute Gasteiger partial charge is 0.386 e. The fraction of sp³-hybridized carbons (Fsp3) is 0. The van der Waals surface area contributed by atoms with E-state index in [1.165, 1.54) is 0 Å². The van der Waals surface area contributed by atoms with Gasteiger partial charge in [-0.1, -0.05) is 109 Å². The van der Waals surface area contributed by atoms with Crippen LogP contribution in [-0.2, 0) is 4.74 Å². The van der Waals surface area contributed by atoms with Crippen LogP contribution in [0.5, 0.6) is 0 Å². The van der Waals surface area contributed by atoms with Crippen molar-refractivity contribution in [2.75, 3.05) is 0 Å². The molecule has 0 amide bonds. The van der Waals surface area contributed by atoms with Crippen molar-refractivity contribution < 1.29 is 14.3 Å². The molecule has 150 valence electrons. The predicted octanol–water partition coefficient (Wildman–Crippen LogP) is 6.68. The van der Waals surface area contributed by atoms with Gasteiger partial charge in [-0.2, -0.15) is 0 Å². The molecule has 3 nitrogen and oxygen atoms in total. The Morgan fingerprint density at radius 3 is 1.19 bits per heavy atom. The van der Waals surface area contributed by atoms with E-state index in [1.54, 1.807) is 24.3 Å². The van der Waals surface area contributed by atoms with Gasteiger partial charge < -0.3 is 4.74 Å². The molecular weight excluding hydrogens is 384 g/mol. The number of ether oxygens (including phenoxy) is 1. The first kappa shape index (κ1) is 20.0. The van der Waals surface area contributed by atoms with E-state index >= 15 is 0 Å². The van der Waals surface area contributed by atoms with Gasteiger partial charge >= 0.3 is 11.9 Å². The molecule has 0 saturated carbocycles. The quantitative estimate of drug-likeness (QED) is 0.244. The molecule has 0 N–H and O–H groups in total. The van der Waals surface area contributed by atoms with Crippen molar-refractivity contribution >= 4 is 33.5 Å². The summed E-state index contributed by atoms with van der Waals surface area (Å²) in [6.07, 6.45) is 0. The maximum absolute atomic E-state index is 12.5. The average Bonchev–Trinajstić information content (AvgIpc) is 2.84. The second-order valence-corrected chi connectivity index (χ2v) is 6.89. The average molecular weight is 404 g/mol. The lowest BCUT2D eigenvalue weighted by atomic mass is 10.0. The molecule has 0 unspecified atom stereocenters. The van der Waals surface area contributed by atoms with Crippen molar-refractivity contribution in [1.82, 2.24) is 0 Å². The van der Waals surface area contributed by atoms with E-state index in [4.69, 9.17) is 4.74 Å². The molecular formula is C28H20O3. The smallest absolute Gasteiger partial charge is 0.346 e. The zero-order valence-electron chi connectivity index (χ0n) is 16.8.